The lowest BCUT2D eigenvalue weighted by molar-refractivity contribution is -0.132. The van der Waals surface area contributed by atoms with Crippen LogP contribution in [0.15, 0.2) is 36.4 Å². The Kier molecular flexibility index (Phi) is 3.69. The molecular formula is C12H11ClO2. The summed E-state index contributed by atoms with van der Waals surface area (Å²) in [6.45, 7) is 5.13. The van der Waals surface area contributed by atoms with Gasteiger partial charge in [-0.15, -0.1) is 0 Å². The van der Waals surface area contributed by atoms with Crippen molar-refractivity contribution in [3.8, 4) is 0 Å². The van der Waals surface area contributed by atoms with Gasteiger partial charge < -0.3 is 5.11 Å². The molecule has 0 saturated heterocycles. The third kappa shape index (κ3) is 2.48. The van der Waals surface area contributed by atoms with Crippen LogP contribution in [0.3, 0.4) is 0 Å². The molecule has 0 unspecified atom stereocenters. The summed E-state index contributed by atoms with van der Waals surface area (Å²) in [5, 5.41) is 9.06. The summed E-state index contributed by atoms with van der Waals surface area (Å²) in [6.07, 6.45) is 1.65. The van der Waals surface area contributed by atoms with Gasteiger partial charge in [0.2, 0.25) is 0 Å². The second-order valence-electron chi connectivity index (χ2n) is 3.04. The molecule has 0 radical (unpaired) electrons. The Bertz CT molecular complexity index is 433. The minimum atomic E-state index is -1.01. The molecule has 0 spiro atoms. The van der Waals surface area contributed by atoms with Crippen LogP contribution in [0.2, 0.25) is 0 Å². The van der Waals surface area contributed by atoms with E-state index in [0.717, 1.165) is 5.56 Å². The van der Waals surface area contributed by atoms with Crippen LogP contribution >= 0.6 is 11.6 Å². The average Bonchev–Trinajstić information content (AvgIpc) is 2.26. The molecule has 1 N–H and O–H groups in total. The topological polar surface area (TPSA) is 37.3 Å². The summed E-state index contributed by atoms with van der Waals surface area (Å²) in [4.78, 5) is 10.7. The highest BCUT2D eigenvalue weighted by Gasteiger charge is 2.10. The van der Waals surface area contributed by atoms with Gasteiger partial charge in [-0.2, -0.15) is 0 Å². The van der Waals surface area contributed by atoms with Gasteiger partial charge >= 0.3 is 5.97 Å². The SMILES string of the molecule is C=Cc1ccccc1/C(Cl)=C(\C)C(=O)O. The average molecular weight is 223 g/mol. The van der Waals surface area contributed by atoms with Crippen molar-refractivity contribution in [1.29, 1.82) is 0 Å². The number of aliphatic carboxylic acids is 1. The Labute approximate surface area is 93.5 Å². The maximum atomic E-state index is 10.7. The molecule has 0 heterocycles. The van der Waals surface area contributed by atoms with Crippen molar-refractivity contribution in [2.24, 2.45) is 0 Å². The number of hydrogen-bond acceptors (Lipinski definition) is 1. The fourth-order valence-electron chi connectivity index (χ4n) is 1.17. The molecule has 15 heavy (non-hydrogen) atoms. The monoisotopic (exact) mass is 222 g/mol. The van der Waals surface area contributed by atoms with Crippen LogP contribution in [-0.4, -0.2) is 11.1 Å². The van der Waals surface area contributed by atoms with Crippen LogP contribution in [0.25, 0.3) is 11.1 Å². The maximum absolute atomic E-state index is 10.7. The zero-order chi connectivity index (χ0) is 11.4. The Morgan fingerprint density at radius 1 is 1.47 bits per heavy atom. The van der Waals surface area contributed by atoms with E-state index in [1.807, 2.05) is 12.1 Å². The Hall–Kier alpha value is -1.54. The normalized spacial score (nSPS) is 11.9. The first-order chi connectivity index (χ1) is 7.07. The van der Waals surface area contributed by atoms with Gasteiger partial charge in [-0.3, -0.25) is 0 Å². The summed E-state index contributed by atoms with van der Waals surface area (Å²) in [7, 11) is 0. The van der Waals surface area contributed by atoms with Crippen molar-refractivity contribution in [3.63, 3.8) is 0 Å². The lowest BCUT2D eigenvalue weighted by atomic mass is 10.0. The van der Waals surface area contributed by atoms with Crippen LogP contribution in [-0.2, 0) is 4.79 Å². The van der Waals surface area contributed by atoms with Crippen molar-refractivity contribution in [2.75, 3.05) is 0 Å². The third-order valence-corrected chi connectivity index (χ3v) is 2.55. The molecule has 1 rings (SSSR count). The predicted octanol–water partition coefficient (Wildman–Crippen LogP) is 3.38. The second kappa shape index (κ2) is 4.80. The van der Waals surface area contributed by atoms with E-state index in [0.29, 0.717) is 5.56 Å². The van der Waals surface area contributed by atoms with Crippen LogP contribution in [0.1, 0.15) is 18.1 Å². The molecule has 0 fully saturated rings. The first kappa shape index (κ1) is 11.5. The lowest BCUT2D eigenvalue weighted by Crippen LogP contribution is -1.98. The number of hydrogen-bond donors (Lipinski definition) is 1. The summed E-state index contributed by atoms with van der Waals surface area (Å²) in [5.74, 6) is -1.01. The van der Waals surface area contributed by atoms with Gasteiger partial charge in [-0.05, 0) is 12.5 Å². The molecule has 0 aliphatic carbocycles. The van der Waals surface area contributed by atoms with E-state index in [4.69, 9.17) is 16.7 Å². The van der Waals surface area contributed by atoms with Crippen molar-refractivity contribution < 1.29 is 9.90 Å². The smallest absolute Gasteiger partial charge is 0.332 e. The zero-order valence-electron chi connectivity index (χ0n) is 8.33. The van der Waals surface area contributed by atoms with E-state index >= 15 is 0 Å². The zero-order valence-corrected chi connectivity index (χ0v) is 9.08. The van der Waals surface area contributed by atoms with E-state index < -0.39 is 5.97 Å². The van der Waals surface area contributed by atoms with Crippen molar-refractivity contribution in [3.05, 3.63) is 47.5 Å². The molecule has 0 bridgehead atoms. The Balaban J connectivity index is 3.33. The molecule has 1 aromatic carbocycles. The van der Waals surface area contributed by atoms with Crippen LogP contribution in [0.4, 0.5) is 0 Å². The largest absolute Gasteiger partial charge is 0.478 e. The molecule has 0 amide bonds. The molecule has 78 valence electrons. The number of carbonyl (C=O) groups is 1. The second-order valence-corrected chi connectivity index (χ2v) is 3.41. The molecule has 0 aliphatic heterocycles. The maximum Gasteiger partial charge on any atom is 0.332 e. The van der Waals surface area contributed by atoms with Gasteiger partial charge in [0, 0.05) is 5.56 Å². The third-order valence-electron chi connectivity index (χ3n) is 2.07. The van der Waals surface area contributed by atoms with E-state index in [2.05, 4.69) is 6.58 Å². The molecule has 2 nitrogen and oxygen atoms in total. The standard InChI is InChI=1S/C12H11ClO2/c1-3-9-6-4-5-7-10(9)11(13)8(2)12(14)15/h3-7H,1H2,2H3,(H,14,15)/b11-8-. The van der Waals surface area contributed by atoms with Crippen molar-refractivity contribution >= 4 is 28.7 Å². The fraction of sp³-hybridized carbons (Fsp3) is 0.0833. The quantitative estimate of drug-likeness (QED) is 0.796. The summed E-state index contributed by atoms with van der Waals surface area (Å²) in [5.41, 5.74) is 1.64. The molecule has 3 heteroatoms. The number of carboxylic acids is 1. The number of rotatable bonds is 3. The van der Waals surface area contributed by atoms with E-state index in [-0.39, 0.29) is 10.6 Å². The highest BCUT2D eigenvalue weighted by atomic mass is 35.5. The summed E-state index contributed by atoms with van der Waals surface area (Å²) >= 11 is 5.99. The molecular weight excluding hydrogens is 212 g/mol. The van der Waals surface area contributed by atoms with Gasteiger partial charge in [0.1, 0.15) is 0 Å². The van der Waals surface area contributed by atoms with Gasteiger partial charge in [-0.25, -0.2) is 4.79 Å². The molecule has 0 atom stereocenters. The summed E-state index contributed by atoms with van der Waals surface area (Å²) in [6, 6.07) is 7.26. The van der Waals surface area contributed by atoms with Crippen LogP contribution in [0, 0.1) is 0 Å². The Morgan fingerprint density at radius 2 is 2.07 bits per heavy atom. The van der Waals surface area contributed by atoms with Crippen LogP contribution in [0.5, 0.6) is 0 Å². The first-order valence-electron chi connectivity index (χ1n) is 4.39. The molecule has 0 aliphatic rings. The molecule has 0 aromatic heterocycles. The fourth-order valence-corrected chi connectivity index (χ4v) is 1.42. The number of carboxylic acid groups (broad SMARTS) is 1. The lowest BCUT2D eigenvalue weighted by Gasteiger charge is -2.06. The van der Waals surface area contributed by atoms with Crippen molar-refractivity contribution in [2.45, 2.75) is 6.92 Å². The summed E-state index contributed by atoms with van der Waals surface area (Å²) < 4.78 is 0. The van der Waals surface area contributed by atoms with Gasteiger partial charge in [0.25, 0.3) is 0 Å². The molecule has 0 saturated carbocycles. The van der Waals surface area contributed by atoms with E-state index in [9.17, 15) is 4.79 Å². The van der Waals surface area contributed by atoms with Gasteiger partial charge in [0.15, 0.2) is 0 Å². The minimum absolute atomic E-state index is 0.131. The molecule has 1 aromatic rings. The van der Waals surface area contributed by atoms with E-state index in [1.165, 1.54) is 6.92 Å². The Morgan fingerprint density at radius 3 is 2.60 bits per heavy atom. The number of halogens is 1. The first-order valence-corrected chi connectivity index (χ1v) is 4.77. The van der Waals surface area contributed by atoms with E-state index in [1.54, 1.807) is 18.2 Å². The highest BCUT2D eigenvalue weighted by molar-refractivity contribution is 6.51. The minimum Gasteiger partial charge on any atom is -0.478 e. The van der Waals surface area contributed by atoms with Gasteiger partial charge in [-0.1, -0.05) is 48.5 Å². The number of benzene rings is 1. The van der Waals surface area contributed by atoms with Gasteiger partial charge in [0.05, 0.1) is 10.6 Å². The van der Waals surface area contributed by atoms with Crippen molar-refractivity contribution in [1.82, 2.24) is 0 Å². The van der Waals surface area contributed by atoms with Crippen LogP contribution < -0.4 is 0 Å². The highest BCUT2D eigenvalue weighted by Crippen LogP contribution is 2.26. The predicted molar refractivity (Wildman–Crippen MR) is 62.6 cm³/mol.